The van der Waals surface area contributed by atoms with Crippen LogP contribution in [0.2, 0.25) is 0 Å². The van der Waals surface area contributed by atoms with Gasteiger partial charge < -0.3 is 11.1 Å². The fourth-order valence-corrected chi connectivity index (χ4v) is 2.38. The molecular formula is C17H26N2O2. The summed E-state index contributed by atoms with van der Waals surface area (Å²) in [6.45, 7) is 4.18. The molecule has 3 N–H and O–H groups in total. The van der Waals surface area contributed by atoms with Crippen molar-refractivity contribution in [1.29, 1.82) is 0 Å². The van der Waals surface area contributed by atoms with Crippen molar-refractivity contribution in [2.45, 2.75) is 58.8 Å². The minimum Gasteiger partial charge on any atom is -0.366 e. The molecule has 0 saturated carbocycles. The molecule has 0 radical (unpaired) electrons. The Hall–Kier alpha value is -1.84. The van der Waals surface area contributed by atoms with Gasteiger partial charge in [-0.1, -0.05) is 45.6 Å². The summed E-state index contributed by atoms with van der Waals surface area (Å²) >= 11 is 0. The molecule has 0 atom stereocenters. The second kappa shape index (κ2) is 9.16. The SMILES string of the molecule is CCCCCCC(=O)Nc1cccc(C(N)=O)c1CCC. The molecule has 116 valence electrons. The molecule has 0 aliphatic heterocycles. The average Bonchev–Trinajstić information content (AvgIpc) is 2.45. The van der Waals surface area contributed by atoms with E-state index in [9.17, 15) is 9.59 Å². The lowest BCUT2D eigenvalue weighted by molar-refractivity contribution is -0.116. The summed E-state index contributed by atoms with van der Waals surface area (Å²) in [4.78, 5) is 23.5. The largest absolute Gasteiger partial charge is 0.366 e. The molecule has 0 aliphatic carbocycles. The molecule has 1 rings (SSSR count). The Bertz CT molecular complexity index is 484. The number of primary amides is 1. The lowest BCUT2D eigenvalue weighted by Crippen LogP contribution is -2.18. The van der Waals surface area contributed by atoms with Gasteiger partial charge in [0.05, 0.1) is 0 Å². The Kier molecular flexibility index (Phi) is 7.51. The second-order valence-corrected chi connectivity index (χ2v) is 5.30. The van der Waals surface area contributed by atoms with E-state index in [2.05, 4.69) is 12.2 Å². The summed E-state index contributed by atoms with van der Waals surface area (Å²) in [6, 6.07) is 5.30. The van der Waals surface area contributed by atoms with Gasteiger partial charge in [-0.3, -0.25) is 9.59 Å². The van der Waals surface area contributed by atoms with Crippen LogP contribution < -0.4 is 11.1 Å². The Labute approximate surface area is 127 Å². The number of carbonyl (C=O) groups is 2. The van der Waals surface area contributed by atoms with Gasteiger partial charge in [0.1, 0.15) is 0 Å². The maximum atomic E-state index is 12.0. The van der Waals surface area contributed by atoms with Gasteiger partial charge in [0.2, 0.25) is 11.8 Å². The minimum atomic E-state index is -0.447. The third kappa shape index (κ3) is 5.58. The number of unbranched alkanes of at least 4 members (excludes halogenated alkanes) is 3. The summed E-state index contributed by atoms with van der Waals surface area (Å²) in [5.74, 6) is -0.442. The number of carbonyl (C=O) groups excluding carboxylic acids is 2. The highest BCUT2D eigenvalue weighted by Gasteiger charge is 2.13. The van der Waals surface area contributed by atoms with Gasteiger partial charge in [0, 0.05) is 17.7 Å². The van der Waals surface area contributed by atoms with Crippen LogP contribution in [0.4, 0.5) is 5.69 Å². The number of benzene rings is 1. The quantitative estimate of drug-likeness (QED) is 0.681. The Balaban J connectivity index is 2.75. The fraction of sp³-hybridized carbons (Fsp3) is 0.529. The highest BCUT2D eigenvalue weighted by molar-refractivity contribution is 5.98. The fourth-order valence-electron chi connectivity index (χ4n) is 2.38. The molecule has 4 nitrogen and oxygen atoms in total. The third-order valence-corrected chi connectivity index (χ3v) is 3.47. The monoisotopic (exact) mass is 290 g/mol. The summed E-state index contributed by atoms with van der Waals surface area (Å²) in [6.07, 6.45) is 6.43. The summed E-state index contributed by atoms with van der Waals surface area (Å²) in [7, 11) is 0. The normalized spacial score (nSPS) is 10.4. The molecule has 0 aliphatic rings. The Morgan fingerprint density at radius 2 is 1.86 bits per heavy atom. The zero-order chi connectivity index (χ0) is 15.7. The van der Waals surface area contributed by atoms with Crippen molar-refractivity contribution in [3.8, 4) is 0 Å². The number of nitrogens with one attached hydrogen (secondary N) is 1. The van der Waals surface area contributed by atoms with Crippen LogP contribution in [0.15, 0.2) is 18.2 Å². The molecule has 1 aromatic rings. The van der Waals surface area contributed by atoms with Crippen molar-refractivity contribution in [2.24, 2.45) is 5.73 Å². The number of amides is 2. The zero-order valence-electron chi connectivity index (χ0n) is 13.1. The van der Waals surface area contributed by atoms with Crippen LogP contribution in [0.5, 0.6) is 0 Å². The topological polar surface area (TPSA) is 72.2 Å². The van der Waals surface area contributed by atoms with Crippen molar-refractivity contribution in [3.05, 3.63) is 29.3 Å². The van der Waals surface area contributed by atoms with Crippen molar-refractivity contribution >= 4 is 17.5 Å². The molecule has 4 heteroatoms. The maximum Gasteiger partial charge on any atom is 0.249 e. The van der Waals surface area contributed by atoms with Crippen molar-refractivity contribution in [1.82, 2.24) is 0 Å². The van der Waals surface area contributed by atoms with E-state index in [-0.39, 0.29) is 5.91 Å². The van der Waals surface area contributed by atoms with Gasteiger partial charge in [-0.25, -0.2) is 0 Å². The number of hydrogen-bond acceptors (Lipinski definition) is 2. The first-order chi connectivity index (χ1) is 10.1. The van der Waals surface area contributed by atoms with Gasteiger partial charge >= 0.3 is 0 Å². The molecule has 0 fully saturated rings. The smallest absolute Gasteiger partial charge is 0.249 e. The minimum absolute atomic E-state index is 0.00470. The molecule has 2 amide bonds. The summed E-state index contributed by atoms with van der Waals surface area (Å²) < 4.78 is 0. The number of nitrogens with two attached hydrogens (primary N) is 1. The van der Waals surface area contributed by atoms with E-state index in [0.717, 1.165) is 44.1 Å². The van der Waals surface area contributed by atoms with Crippen molar-refractivity contribution in [2.75, 3.05) is 5.32 Å². The molecule has 0 bridgehead atoms. The highest BCUT2D eigenvalue weighted by atomic mass is 16.2. The van der Waals surface area contributed by atoms with Crippen LogP contribution in [0.1, 0.15) is 68.3 Å². The predicted molar refractivity (Wildman–Crippen MR) is 86.3 cm³/mol. The lowest BCUT2D eigenvalue weighted by atomic mass is 10.00. The van der Waals surface area contributed by atoms with E-state index in [1.54, 1.807) is 12.1 Å². The Morgan fingerprint density at radius 3 is 2.48 bits per heavy atom. The van der Waals surface area contributed by atoms with Gasteiger partial charge in [0.25, 0.3) is 0 Å². The van der Waals surface area contributed by atoms with E-state index in [4.69, 9.17) is 5.73 Å². The highest BCUT2D eigenvalue weighted by Crippen LogP contribution is 2.22. The van der Waals surface area contributed by atoms with E-state index >= 15 is 0 Å². The van der Waals surface area contributed by atoms with Crippen LogP contribution in [0, 0.1) is 0 Å². The van der Waals surface area contributed by atoms with Crippen molar-refractivity contribution < 1.29 is 9.59 Å². The van der Waals surface area contributed by atoms with Crippen LogP contribution in [0.25, 0.3) is 0 Å². The third-order valence-electron chi connectivity index (χ3n) is 3.47. The first kappa shape index (κ1) is 17.2. The van der Waals surface area contributed by atoms with Gasteiger partial charge in [-0.15, -0.1) is 0 Å². The van der Waals surface area contributed by atoms with E-state index < -0.39 is 5.91 Å². The zero-order valence-corrected chi connectivity index (χ0v) is 13.1. The predicted octanol–water partition coefficient (Wildman–Crippen LogP) is 3.65. The first-order valence-corrected chi connectivity index (χ1v) is 7.81. The molecule has 0 spiro atoms. The van der Waals surface area contributed by atoms with Gasteiger partial charge in [-0.2, -0.15) is 0 Å². The number of hydrogen-bond donors (Lipinski definition) is 2. The molecule has 21 heavy (non-hydrogen) atoms. The molecule has 1 aromatic carbocycles. The van der Waals surface area contributed by atoms with Crippen LogP contribution in [-0.4, -0.2) is 11.8 Å². The Morgan fingerprint density at radius 1 is 1.10 bits per heavy atom. The number of rotatable bonds is 9. The standard InChI is InChI=1S/C17H26N2O2/c1-3-5-6-7-12-16(20)19-15-11-8-10-14(17(18)21)13(15)9-4-2/h8,10-11H,3-7,9,12H2,1-2H3,(H2,18,21)(H,19,20). The summed E-state index contributed by atoms with van der Waals surface area (Å²) in [5, 5.41) is 2.92. The average molecular weight is 290 g/mol. The second-order valence-electron chi connectivity index (χ2n) is 5.30. The number of anilines is 1. The lowest BCUT2D eigenvalue weighted by Gasteiger charge is -2.13. The van der Waals surface area contributed by atoms with Crippen molar-refractivity contribution in [3.63, 3.8) is 0 Å². The molecule has 0 heterocycles. The first-order valence-electron chi connectivity index (χ1n) is 7.81. The van der Waals surface area contributed by atoms with Crippen LogP contribution in [-0.2, 0) is 11.2 Å². The van der Waals surface area contributed by atoms with E-state index in [0.29, 0.717) is 17.7 Å². The maximum absolute atomic E-state index is 12.0. The molecule has 0 unspecified atom stereocenters. The molecule has 0 aromatic heterocycles. The van der Waals surface area contributed by atoms with E-state index in [1.807, 2.05) is 13.0 Å². The molecule has 0 saturated heterocycles. The van der Waals surface area contributed by atoms with E-state index in [1.165, 1.54) is 0 Å². The van der Waals surface area contributed by atoms with Gasteiger partial charge in [0.15, 0.2) is 0 Å². The van der Waals surface area contributed by atoms with Crippen LogP contribution >= 0.6 is 0 Å². The van der Waals surface area contributed by atoms with Crippen LogP contribution in [0.3, 0.4) is 0 Å². The molecular weight excluding hydrogens is 264 g/mol. The summed E-state index contributed by atoms with van der Waals surface area (Å²) in [5.41, 5.74) is 7.47. The van der Waals surface area contributed by atoms with Gasteiger partial charge in [-0.05, 0) is 30.5 Å².